The van der Waals surface area contributed by atoms with E-state index >= 15 is 0 Å². The molecule has 1 N–H and O–H groups in total. The zero-order chi connectivity index (χ0) is 19.8. The van der Waals surface area contributed by atoms with Crippen molar-refractivity contribution in [3.63, 3.8) is 0 Å². The lowest BCUT2D eigenvalue weighted by Gasteiger charge is -2.24. The van der Waals surface area contributed by atoms with Gasteiger partial charge in [-0.3, -0.25) is 14.3 Å². The minimum Gasteiger partial charge on any atom is -0.338 e. The standard InChI is InChI=1S/C17H16F4N4O2/c1-24-14(26)6-13(15(24)10-3-2-4-11(18)5-10)16(27)23-12-7-22-25(8-12)9-17(19,20)21/h2-5,7-8,13,15H,6,9H2,1H3,(H,23,27)/t13-,15-/m0/s1. The van der Waals surface area contributed by atoms with Crippen molar-refractivity contribution in [2.24, 2.45) is 5.92 Å². The number of aromatic nitrogens is 2. The predicted molar refractivity (Wildman–Crippen MR) is 86.9 cm³/mol. The molecule has 1 saturated heterocycles. The Labute approximate surface area is 151 Å². The van der Waals surface area contributed by atoms with Gasteiger partial charge in [0.2, 0.25) is 11.8 Å². The highest BCUT2D eigenvalue weighted by Crippen LogP contribution is 2.37. The Morgan fingerprint density at radius 2 is 2.11 bits per heavy atom. The number of rotatable bonds is 4. The van der Waals surface area contributed by atoms with Crippen LogP contribution >= 0.6 is 0 Å². The normalized spacial score (nSPS) is 20.2. The van der Waals surface area contributed by atoms with Crippen LogP contribution in [0.1, 0.15) is 18.0 Å². The second-order valence-electron chi connectivity index (χ2n) is 6.35. The van der Waals surface area contributed by atoms with E-state index in [-0.39, 0.29) is 18.0 Å². The van der Waals surface area contributed by atoms with E-state index in [1.165, 1.54) is 30.1 Å². The SMILES string of the molecule is CN1C(=O)C[C@H](C(=O)Nc2cnn(CC(F)(F)F)c2)[C@@H]1c1cccc(F)c1. The summed E-state index contributed by atoms with van der Waals surface area (Å²) in [5, 5.41) is 6.04. The number of amides is 2. The smallest absolute Gasteiger partial charge is 0.338 e. The van der Waals surface area contributed by atoms with E-state index in [4.69, 9.17) is 0 Å². The Morgan fingerprint density at radius 1 is 1.37 bits per heavy atom. The number of benzene rings is 1. The number of nitrogens with one attached hydrogen (secondary N) is 1. The number of carbonyl (C=O) groups excluding carboxylic acids is 2. The van der Waals surface area contributed by atoms with Crippen molar-refractivity contribution >= 4 is 17.5 Å². The minimum absolute atomic E-state index is 0.0831. The van der Waals surface area contributed by atoms with E-state index in [0.29, 0.717) is 10.2 Å². The van der Waals surface area contributed by atoms with Gasteiger partial charge in [-0.2, -0.15) is 18.3 Å². The molecule has 3 rings (SSSR count). The maximum atomic E-state index is 13.6. The third-order valence-electron chi connectivity index (χ3n) is 4.36. The Morgan fingerprint density at radius 3 is 2.78 bits per heavy atom. The molecule has 0 spiro atoms. The van der Waals surface area contributed by atoms with Crippen molar-refractivity contribution in [3.05, 3.63) is 48.0 Å². The highest BCUT2D eigenvalue weighted by atomic mass is 19.4. The fourth-order valence-corrected chi connectivity index (χ4v) is 3.18. The molecule has 2 aromatic rings. The van der Waals surface area contributed by atoms with Gasteiger partial charge in [0, 0.05) is 19.7 Å². The number of anilines is 1. The summed E-state index contributed by atoms with van der Waals surface area (Å²) < 4.78 is 51.4. The van der Waals surface area contributed by atoms with Gasteiger partial charge in [-0.15, -0.1) is 0 Å². The first-order valence-electron chi connectivity index (χ1n) is 8.05. The third kappa shape index (κ3) is 4.26. The van der Waals surface area contributed by atoms with Gasteiger partial charge in [0.1, 0.15) is 12.4 Å². The lowest BCUT2D eigenvalue weighted by molar-refractivity contribution is -0.142. The average Bonchev–Trinajstić information content (AvgIpc) is 3.10. The Bertz CT molecular complexity index is 865. The molecule has 1 aliphatic rings. The zero-order valence-electron chi connectivity index (χ0n) is 14.2. The van der Waals surface area contributed by atoms with Crippen LogP contribution < -0.4 is 5.32 Å². The first kappa shape index (κ1) is 18.9. The number of hydrogen-bond donors (Lipinski definition) is 1. The summed E-state index contributed by atoms with van der Waals surface area (Å²) in [6.07, 6.45) is -2.36. The molecule has 0 aliphatic carbocycles. The molecule has 2 heterocycles. The molecular formula is C17H16F4N4O2. The first-order valence-corrected chi connectivity index (χ1v) is 8.05. The number of likely N-dealkylation sites (tertiary alicyclic amines) is 1. The van der Waals surface area contributed by atoms with Gasteiger partial charge in [-0.25, -0.2) is 4.39 Å². The Kier molecular flexibility index (Phi) is 4.90. The van der Waals surface area contributed by atoms with E-state index in [1.807, 2.05) is 0 Å². The number of halogens is 4. The molecule has 10 heteroatoms. The number of carbonyl (C=O) groups is 2. The van der Waals surface area contributed by atoms with Gasteiger partial charge in [0.05, 0.1) is 23.8 Å². The van der Waals surface area contributed by atoms with Gasteiger partial charge in [0.25, 0.3) is 0 Å². The van der Waals surface area contributed by atoms with Crippen LogP contribution in [0, 0.1) is 11.7 Å². The topological polar surface area (TPSA) is 67.2 Å². The number of alkyl halides is 3. The van der Waals surface area contributed by atoms with E-state index < -0.39 is 36.4 Å². The van der Waals surface area contributed by atoms with Gasteiger partial charge in [-0.1, -0.05) is 12.1 Å². The summed E-state index contributed by atoms with van der Waals surface area (Å²) in [6.45, 7) is -1.28. The quantitative estimate of drug-likeness (QED) is 0.825. The van der Waals surface area contributed by atoms with Gasteiger partial charge in [0.15, 0.2) is 0 Å². The fraction of sp³-hybridized carbons (Fsp3) is 0.353. The zero-order valence-corrected chi connectivity index (χ0v) is 14.2. The van der Waals surface area contributed by atoms with E-state index in [2.05, 4.69) is 10.4 Å². The molecule has 1 aliphatic heterocycles. The summed E-state index contributed by atoms with van der Waals surface area (Å²) in [4.78, 5) is 26.1. The summed E-state index contributed by atoms with van der Waals surface area (Å²) in [5.74, 6) is -2.13. The first-order chi connectivity index (χ1) is 12.6. The van der Waals surface area contributed by atoms with Crippen molar-refractivity contribution in [2.75, 3.05) is 12.4 Å². The third-order valence-corrected chi connectivity index (χ3v) is 4.36. The molecule has 2 amide bonds. The summed E-state index contributed by atoms with van der Waals surface area (Å²) in [6, 6.07) is 4.94. The van der Waals surface area contributed by atoms with E-state index in [0.717, 1.165) is 12.4 Å². The fourth-order valence-electron chi connectivity index (χ4n) is 3.18. The molecule has 27 heavy (non-hydrogen) atoms. The summed E-state index contributed by atoms with van der Waals surface area (Å²) >= 11 is 0. The van der Waals surface area contributed by atoms with Crippen molar-refractivity contribution in [3.8, 4) is 0 Å². The van der Waals surface area contributed by atoms with E-state index in [9.17, 15) is 27.2 Å². The van der Waals surface area contributed by atoms with E-state index in [1.54, 1.807) is 6.07 Å². The molecule has 2 atom stereocenters. The van der Waals surface area contributed by atoms with Gasteiger partial charge in [-0.05, 0) is 17.7 Å². The monoisotopic (exact) mass is 384 g/mol. The Balaban J connectivity index is 1.77. The molecule has 144 valence electrons. The second-order valence-corrected chi connectivity index (χ2v) is 6.35. The molecular weight excluding hydrogens is 368 g/mol. The molecule has 0 bridgehead atoms. The summed E-state index contributed by atoms with van der Waals surface area (Å²) in [5.41, 5.74) is 0.556. The van der Waals surface area contributed by atoms with Crippen LogP contribution in [-0.2, 0) is 16.1 Å². The lowest BCUT2D eigenvalue weighted by Crippen LogP contribution is -2.30. The average molecular weight is 384 g/mol. The maximum absolute atomic E-state index is 13.6. The van der Waals surface area contributed by atoms with Crippen molar-refractivity contribution in [1.82, 2.24) is 14.7 Å². The van der Waals surface area contributed by atoms with Crippen LogP contribution in [0.2, 0.25) is 0 Å². The van der Waals surface area contributed by atoms with Gasteiger partial charge < -0.3 is 10.2 Å². The van der Waals surface area contributed by atoms with Crippen molar-refractivity contribution in [1.29, 1.82) is 0 Å². The molecule has 1 aromatic carbocycles. The lowest BCUT2D eigenvalue weighted by atomic mass is 9.93. The molecule has 0 unspecified atom stereocenters. The highest BCUT2D eigenvalue weighted by Gasteiger charge is 2.43. The summed E-state index contributed by atoms with van der Waals surface area (Å²) in [7, 11) is 1.52. The second kappa shape index (κ2) is 7.01. The number of hydrogen-bond acceptors (Lipinski definition) is 3. The maximum Gasteiger partial charge on any atom is 0.408 e. The van der Waals surface area contributed by atoms with Crippen LogP contribution in [0.5, 0.6) is 0 Å². The van der Waals surface area contributed by atoms with Crippen LogP contribution in [0.3, 0.4) is 0 Å². The largest absolute Gasteiger partial charge is 0.408 e. The van der Waals surface area contributed by atoms with Crippen LogP contribution in [0.25, 0.3) is 0 Å². The minimum atomic E-state index is -4.43. The van der Waals surface area contributed by atoms with Crippen molar-refractivity contribution < 1.29 is 27.2 Å². The molecule has 0 saturated carbocycles. The van der Waals surface area contributed by atoms with Gasteiger partial charge >= 0.3 is 6.18 Å². The molecule has 6 nitrogen and oxygen atoms in total. The Hall–Kier alpha value is -2.91. The number of nitrogens with zero attached hydrogens (tertiary/aromatic N) is 3. The molecule has 1 fully saturated rings. The molecule has 0 radical (unpaired) electrons. The van der Waals surface area contributed by atoms with Crippen LogP contribution in [0.15, 0.2) is 36.7 Å². The van der Waals surface area contributed by atoms with Crippen molar-refractivity contribution in [2.45, 2.75) is 25.2 Å². The van der Waals surface area contributed by atoms with Crippen LogP contribution in [0.4, 0.5) is 23.2 Å². The van der Waals surface area contributed by atoms with Crippen LogP contribution in [-0.4, -0.2) is 39.7 Å². The predicted octanol–water partition coefficient (Wildman–Crippen LogP) is 2.74. The molecule has 1 aromatic heterocycles. The highest BCUT2D eigenvalue weighted by molar-refractivity contribution is 5.97.